The number of amides is 1. The fourth-order valence-electron chi connectivity index (χ4n) is 3.47. The quantitative estimate of drug-likeness (QED) is 0.585. The van der Waals surface area contributed by atoms with Gasteiger partial charge in [0.05, 0.1) is 5.56 Å². The van der Waals surface area contributed by atoms with Gasteiger partial charge < -0.3 is 15.6 Å². The van der Waals surface area contributed by atoms with Gasteiger partial charge in [0.2, 0.25) is 5.91 Å². The standard InChI is InChI=1S/C20H28FN5O.2ClH/c21-17-11-10-15(23-19(27)9-5-1-2-6-12-22)14-16(17)20-25-24-18-8-4-3-7-13-26(18)20;;/h10-11,14H,1-9,12-13,22H2,(H,23,27);2*1H. The third-order valence-corrected chi connectivity index (χ3v) is 4.96. The molecular weight excluding hydrogens is 416 g/mol. The first kappa shape index (κ1) is 25.3. The molecule has 3 rings (SSSR count). The highest BCUT2D eigenvalue weighted by atomic mass is 35.5. The Balaban J connectivity index is 0.00000210. The average molecular weight is 446 g/mol. The summed E-state index contributed by atoms with van der Waals surface area (Å²) in [5, 5.41) is 11.3. The number of aryl methyl sites for hydroxylation is 1. The van der Waals surface area contributed by atoms with E-state index in [1.165, 1.54) is 6.07 Å². The van der Waals surface area contributed by atoms with Crippen molar-refractivity contribution in [3.05, 3.63) is 29.8 Å². The fourth-order valence-corrected chi connectivity index (χ4v) is 3.47. The number of carbonyl (C=O) groups is 1. The summed E-state index contributed by atoms with van der Waals surface area (Å²) in [7, 11) is 0. The van der Waals surface area contributed by atoms with Crippen LogP contribution in [0.25, 0.3) is 11.4 Å². The van der Waals surface area contributed by atoms with E-state index in [-0.39, 0.29) is 36.5 Å². The number of anilines is 1. The van der Waals surface area contributed by atoms with Gasteiger partial charge in [0, 0.05) is 25.1 Å². The van der Waals surface area contributed by atoms with Crippen LogP contribution in [-0.4, -0.2) is 27.2 Å². The molecule has 0 bridgehead atoms. The molecule has 0 aliphatic carbocycles. The van der Waals surface area contributed by atoms with Crippen molar-refractivity contribution in [1.82, 2.24) is 14.8 Å². The lowest BCUT2D eigenvalue weighted by Gasteiger charge is -2.10. The Morgan fingerprint density at radius 1 is 1.10 bits per heavy atom. The van der Waals surface area contributed by atoms with E-state index in [2.05, 4.69) is 15.5 Å². The van der Waals surface area contributed by atoms with E-state index in [4.69, 9.17) is 5.73 Å². The molecular formula is C20H30Cl2FN5O. The predicted molar refractivity (Wildman–Crippen MR) is 118 cm³/mol. The molecule has 0 spiro atoms. The maximum absolute atomic E-state index is 14.5. The smallest absolute Gasteiger partial charge is 0.224 e. The lowest BCUT2D eigenvalue weighted by molar-refractivity contribution is -0.116. The fraction of sp³-hybridized carbons (Fsp3) is 0.550. The van der Waals surface area contributed by atoms with Gasteiger partial charge in [-0.2, -0.15) is 0 Å². The monoisotopic (exact) mass is 445 g/mol. The molecule has 0 saturated carbocycles. The third kappa shape index (κ3) is 6.94. The molecule has 1 aromatic heterocycles. The molecule has 1 aromatic carbocycles. The van der Waals surface area contributed by atoms with E-state index in [9.17, 15) is 9.18 Å². The van der Waals surface area contributed by atoms with Crippen molar-refractivity contribution >= 4 is 36.4 Å². The van der Waals surface area contributed by atoms with Crippen LogP contribution in [0.4, 0.5) is 10.1 Å². The number of fused-ring (bicyclic) bond motifs is 1. The molecule has 2 aromatic rings. The van der Waals surface area contributed by atoms with Gasteiger partial charge in [0.15, 0.2) is 5.82 Å². The van der Waals surface area contributed by atoms with Gasteiger partial charge in [-0.3, -0.25) is 4.79 Å². The van der Waals surface area contributed by atoms with E-state index >= 15 is 0 Å². The molecule has 0 saturated heterocycles. The minimum absolute atomic E-state index is 0. The van der Waals surface area contributed by atoms with Gasteiger partial charge in [0.1, 0.15) is 11.6 Å². The van der Waals surface area contributed by atoms with Crippen molar-refractivity contribution in [2.24, 2.45) is 5.73 Å². The second-order valence-corrected chi connectivity index (χ2v) is 7.10. The molecule has 1 aliphatic heterocycles. The van der Waals surface area contributed by atoms with Crippen molar-refractivity contribution in [2.75, 3.05) is 11.9 Å². The predicted octanol–water partition coefficient (Wildman–Crippen LogP) is 4.50. The van der Waals surface area contributed by atoms with Crippen LogP contribution >= 0.6 is 24.8 Å². The molecule has 0 radical (unpaired) electrons. The molecule has 1 aliphatic rings. The largest absolute Gasteiger partial charge is 0.330 e. The van der Waals surface area contributed by atoms with Crippen LogP contribution < -0.4 is 11.1 Å². The summed E-state index contributed by atoms with van der Waals surface area (Å²) in [5.74, 6) is 1.05. The van der Waals surface area contributed by atoms with Gasteiger partial charge in [-0.15, -0.1) is 35.0 Å². The summed E-state index contributed by atoms with van der Waals surface area (Å²) >= 11 is 0. The molecule has 162 valence electrons. The molecule has 2 heterocycles. The van der Waals surface area contributed by atoms with E-state index in [0.717, 1.165) is 63.7 Å². The van der Waals surface area contributed by atoms with Gasteiger partial charge in [-0.25, -0.2) is 4.39 Å². The van der Waals surface area contributed by atoms with Crippen LogP contribution in [0.2, 0.25) is 0 Å². The molecule has 6 nitrogen and oxygen atoms in total. The van der Waals surface area contributed by atoms with Crippen molar-refractivity contribution in [3.63, 3.8) is 0 Å². The number of hydrogen-bond acceptors (Lipinski definition) is 4. The Kier molecular flexibility index (Phi) is 11.2. The SMILES string of the molecule is Cl.Cl.NCCCCCCC(=O)Nc1ccc(F)c(-c2nnc3n2CCCCC3)c1. The molecule has 29 heavy (non-hydrogen) atoms. The maximum atomic E-state index is 14.5. The summed E-state index contributed by atoms with van der Waals surface area (Å²) in [6.45, 7) is 1.49. The van der Waals surface area contributed by atoms with E-state index in [0.29, 0.717) is 30.0 Å². The average Bonchev–Trinajstić information content (AvgIpc) is 2.91. The summed E-state index contributed by atoms with van der Waals surface area (Å²) in [6.07, 6.45) is 8.46. The third-order valence-electron chi connectivity index (χ3n) is 4.96. The molecule has 9 heteroatoms. The van der Waals surface area contributed by atoms with Crippen molar-refractivity contribution in [1.29, 1.82) is 0 Å². The Labute approximate surface area is 183 Å². The first-order valence-corrected chi connectivity index (χ1v) is 9.91. The Morgan fingerprint density at radius 2 is 1.90 bits per heavy atom. The van der Waals surface area contributed by atoms with Gasteiger partial charge in [-0.1, -0.05) is 19.3 Å². The van der Waals surface area contributed by atoms with E-state index in [1.807, 2.05) is 4.57 Å². The zero-order valence-corrected chi connectivity index (χ0v) is 18.2. The number of halogens is 3. The summed E-state index contributed by atoms with van der Waals surface area (Å²) in [6, 6.07) is 4.62. The van der Waals surface area contributed by atoms with E-state index in [1.54, 1.807) is 12.1 Å². The number of aromatic nitrogens is 3. The molecule has 0 atom stereocenters. The summed E-state index contributed by atoms with van der Waals surface area (Å²) in [4.78, 5) is 12.1. The highest BCUT2D eigenvalue weighted by molar-refractivity contribution is 5.91. The minimum atomic E-state index is -0.353. The highest BCUT2D eigenvalue weighted by Gasteiger charge is 2.19. The zero-order chi connectivity index (χ0) is 19.1. The number of hydrogen-bond donors (Lipinski definition) is 2. The van der Waals surface area contributed by atoms with Crippen LogP contribution in [0.5, 0.6) is 0 Å². The van der Waals surface area contributed by atoms with Gasteiger partial charge in [0.25, 0.3) is 0 Å². The Hall–Kier alpha value is -1.70. The molecule has 3 N–H and O–H groups in total. The minimum Gasteiger partial charge on any atom is -0.330 e. The van der Waals surface area contributed by atoms with Gasteiger partial charge in [-0.05, 0) is 50.4 Å². The van der Waals surface area contributed by atoms with E-state index < -0.39 is 0 Å². The number of nitrogens with zero attached hydrogens (tertiary/aromatic N) is 3. The number of unbranched alkanes of at least 4 members (excludes halogenated alkanes) is 3. The first-order valence-electron chi connectivity index (χ1n) is 9.91. The summed E-state index contributed by atoms with van der Waals surface area (Å²) < 4.78 is 16.5. The molecule has 0 fully saturated rings. The Morgan fingerprint density at radius 3 is 2.69 bits per heavy atom. The topological polar surface area (TPSA) is 85.8 Å². The van der Waals surface area contributed by atoms with Crippen LogP contribution in [0.1, 0.15) is 57.2 Å². The molecule has 0 unspecified atom stereocenters. The van der Waals surface area contributed by atoms with Crippen LogP contribution in [-0.2, 0) is 17.8 Å². The Bertz CT molecular complexity index is 784. The second-order valence-electron chi connectivity index (χ2n) is 7.10. The first-order chi connectivity index (χ1) is 13.2. The highest BCUT2D eigenvalue weighted by Crippen LogP contribution is 2.27. The molecule has 1 amide bonds. The van der Waals surface area contributed by atoms with Crippen LogP contribution in [0, 0.1) is 5.82 Å². The normalized spacial score (nSPS) is 12.9. The second kappa shape index (κ2) is 12.8. The zero-order valence-electron chi connectivity index (χ0n) is 16.5. The van der Waals surface area contributed by atoms with Crippen molar-refractivity contribution < 1.29 is 9.18 Å². The number of nitrogens with one attached hydrogen (secondary N) is 1. The van der Waals surface area contributed by atoms with Crippen LogP contribution in [0.3, 0.4) is 0 Å². The summed E-state index contributed by atoms with van der Waals surface area (Å²) in [5.41, 5.74) is 6.44. The van der Waals surface area contributed by atoms with Crippen molar-refractivity contribution in [2.45, 2.75) is 64.3 Å². The lowest BCUT2D eigenvalue weighted by atomic mass is 10.1. The van der Waals surface area contributed by atoms with Gasteiger partial charge >= 0.3 is 0 Å². The lowest BCUT2D eigenvalue weighted by Crippen LogP contribution is -2.11. The number of benzene rings is 1. The maximum Gasteiger partial charge on any atom is 0.224 e. The van der Waals surface area contributed by atoms with Crippen LogP contribution in [0.15, 0.2) is 18.2 Å². The van der Waals surface area contributed by atoms with Crippen molar-refractivity contribution in [3.8, 4) is 11.4 Å². The number of nitrogens with two attached hydrogens (primary N) is 1. The number of rotatable bonds is 8. The number of carbonyl (C=O) groups excluding carboxylic acids is 1.